The smallest absolute Gasteiger partial charge is 0.422 e. The SMILES string of the molecule is CC(C)(C)OC(=O)NS(=O)(=O)NC1CNC1. The van der Waals surface area contributed by atoms with Crippen LogP contribution in [0.15, 0.2) is 0 Å². The van der Waals surface area contributed by atoms with E-state index in [0.29, 0.717) is 13.1 Å². The van der Waals surface area contributed by atoms with Crippen molar-refractivity contribution in [3.8, 4) is 0 Å². The second-order valence-corrected chi connectivity index (χ2v) is 6.03. The first-order valence-corrected chi connectivity index (χ1v) is 6.40. The molecule has 0 radical (unpaired) electrons. The molecule has 16 heavy (non-hydrogen) atoms. The second-order valence-electron chi connectivity index (χ2n) is 4.58. The Morgan fingerprint density at radius 2 is 1.94 bits per heavy atom. The van der Waals surface area contributed by atoms with Crippen LogP contribution in [-0.2, 0) is 14.9 Å². The number of carbonyl (C=O) groups excluding carboxylic acids is 1. The average Bonchev–Trinajstić information content (AvgIpc) is 1.91. The Balaban J connectivity index is 2.42. The van der Waals surface area contributed by atoms with E-state index in [0.717, 1.165) is 0 Å². The summed E-state index contributed by atoms with van der Waals surface area (Å²) in [6.07, 6.45) is -0.979. The van der Waals surface area contributed by atoms with Crippen molar-refractivity contribution in [3.63, 3.8) is 0 Å². The van der Waals surface area contributed by atoms with E-state index in [2.05, 4.69) is 10.0 Å². The van der Waals surface area contributed by atoms with Gasteiger partial charge in [-0.15, -0.1) is 0 Å². The summed E-state index contributed by atoms with van der Waals surface area (Å²) in [6.45, 7) is 6.10. The quantitative estimate of drug-likeness (QED) is 0.617. The predicted molar refractivity (Wildman–Crippen MR) is 58.1 cm³/mol. The Bertz CT molecular complexity index is 356. The Morgan fingerprint density at radius 1 is 1.38 bits per heavy atom. The highest BCUT2D eigenvalue weighted by atomic mass is 32.2. The van der Waals surface area contributed by atoms with Crippen molar-refractivity contribution in [1.29, 1.82) is 0 Å². The molecule has 94 valence electrons. The van der Waals surface area contributed by atoms with Gasteiger partial charge in [0.05, 0.1) is 0 Å². The van der Waals surface area contributed by atoms with Crippen LogP contribution < -0.4 is 14.8 Å². The van der Waals surface area contributed by atoms with Gasteiger partial charge in [-0.2, -0.15) is 13.1 Å². The lowest BCUT2D eigenvalue weighted by Crippen LogP contribution is -2.59. The molecule has 1 saturated heterocycles. The maximum absolute atomic E-state index is 11.4. The average molecular weight is 251 g/mol. The van der Waals surface area contributed by atoms with E-state index < -0.39 is 21.9 Å². The Kier molecular flexibility index (Phi) is 3.76. The van der Waals surface area contributed by atoms with E-state index in [1.807, 2.05) is 0 Å². The number of nitrogens with one attached hydrogen (secondary N) is 3. The monoisotopic (exact) mass is 251 g/mol. The Morgan fingerprint density at radius 3 is 2.31 bits per heavy atom. The van der Waals surface area contributed by atoms with Crippen molar-refractivity contribution in [2.75, 3.05) is 13.1 Å². The highest BCUT2D eigenvalue weighted by Crippen LogP contribution is 2.06. The molecule has 0 atom stereocenters. The van der Waals surface area contributed by atoms with Crippen LogP contribution in [0.25, 0.3) is 0 Å². The van der Waals surface area contributed by atoms with Gasteiger partial charge in [0, 0.05) is 19.1 Å². The van der Waals surface area contributed by atoms with Gasteiger partial charge >= 0.3 is 16.3 Å². The molecule has 1 fully saturated rings. The third-order valence-electron chi connectivity index (χ3n) is 1.72. The molecule has 1 aliphatic rings. The zero-order chi connectivity index (χ0) is 12.4. The molecule has 3 N–H and O–H groups in total. The van der Waals surface area contributed by atoms with E-state index in [9.17, 15) is 13.2 Å². The van der Waals surface area contributed by atoms with Crippen LogP contribution in [0.5, 0.6) is 0 Å². The highest BCUT2D eigenvalue weighted by Gasteiger charge is 2.26. The van der Waals surface area contributed by atoms with Crippen molar-refractivity contribution in [2.24, 2.45) is 0 Å². The molecule has 0 aromatic heterocycles. The van der Waals surface area contributed by atoms with Gasteiger partial charge in [-0.05, 0) is 20.8 Å². The van der Waals surface area contributed by atoms with Gasteiger partial charge in [-0.1, -0.05) is 0 Å². The summed E-state index contributed by atoms with van der Waals surface area (Å²) in [5.74, 6) is 0. The maximum Gasteiger partial charge on any atom is 0.422 e. The lowest BCUT2D eigenvalue weighted by molar-refractivity contribution is 0.0569. The van der Waals surface area contributed by atoms with E-state index in [1.54, 1.807) is 25.5 Å². The summed E-state index contributed by atoms with van der Waals surface area (Å²) in [7, 11) is -3.83. The highest BCUT2D eigenvalue weighted by molar-refractivity contribution is 7.88. The summed E-state index contributed by atoms with van der Waals surface area (Å²) < 4.78 is 31.7. The fourth-order valence-corrected chi connectivity index (χ4v) is 1.96. The molecule has 1 aliphatic heterocycles. The van der Waals surface area contributed by atoms with Crippen LogP contribution >= 0.6 is 0 Å². The molecule has 8 heteroatoms. The molecular weight excluding hydrogens is 234 g/mol. The summed E-state index contributed by atoms with van der Waals surface area (Å²) in [4.78, 5) is 11.2. The van der Waals surface area contributed by atoms with Gasteiger partial charge in [-0.25, -0.2) is 9.52 Å². The topological polar surface area (TPSA) is 96.5 Å². The van der Waals surface area contributed by atoms with Gasteiger partial charge in [0.2, 0.25) is 0 Å². The zero-order valence-corrected chi connectivity index (χ0v) is 10.3. The molecule has 1 amide bonds. The van der Waals surface area contributed by atoms with E-state index in [4.69, 9.17) is 4.74 Å². The van der Waals surface area contributed by atoms with Gasteiger partial charge in [0.15, 0.2) is 0 Å². The van der Waals surface area contributed by atoms with Gasteiger partial charge in [0.1, 0.15) is 5.60 Å². The standard InChI is InChI=1S/C8H17N3O4S/c1-8(2,3)15-7(12)11-16(13,14)10-6-4-9-5-6/h6,9-10H,4-5H2,1-3H3,(H,11,12). The molecule has 1 heterocycles. The lowest BCUT2D eigenvalue weighted by atomic mass is 10.2. The van der Waals surface area contributed by atoms with Crippen molar-refractivity contribution >= 4 is 16.3 Å². The number of rotatable bonds is 3. The fourth-order valence-electron chi connectivity index (χ4n) is 1.03. The first kappa shape index (κ1) is 13.2. The van der Waals surface area contributed by atoms with Crippen LogP contribution in [0.1, 0.15) is 20.8 Å². The molecule has 0 saturated carbocycles. The lowest BCUT2D eigenvalue weighted by Gasteiger charge is -2.27. The second kappa shape index (κ2) is 4.56. The van der Waals surface area contributed by atoms with Crippen LogP contribution in [0.3, 0.4) is 0 Å². The van der Waals surface area contributed by atoms with Crippen LogP contribution in [-0.4, -0.2) is 39.2 Å². The van der Waals surface area contributed by atoms with Crippen LogP contribution in [0, 0.1) is 0 Å². The molecule has 0 bridgehead atoms. The molecule has 0 aromatic rings. The number of carbonyl (C=O) groups is 1. The first-order chi connectivity index (χ1) is 7.18. The summed E-state index contributed by atoms with van der Waals surface area (Å²) in [5.41, 5.74) is -0.725. The Labute approximate surface area is 95.1 Å². The molecule has 0 aliphatic carbocycles. The number of amides is 1. The first-order valence-electron chi connectivity index (χ1n) is 4.92. The molecule has 1 rings (SSSR count). The summed E-state index contributed by atoms with van der Waals surface area (Å²) in [5, 5.41) is 2.90. The van der Waals surface area contributed by atoms with Gasteiger partial charge in [-0.3, -0.25) is 0 Å². The predicted octanol–water partition coefficient (Wildman–Crippen LogP) is -0.683. The van der Waals surface area contributed by atoms with Crippen LogP contribution in [0.4, 0.5) is 4.79 Å². The number of hydrogen-bond acceptors (Lipinski definition) is 5. The maximum atomic E-state index is 11.4. The summed E-state index contributed by atoms with van der Waals surface area (Å²) in [6, 6.07) is -0.167. The third-order valence-corrected chi connectivity index (χ3v) is 2.80. The van der Waals surface area contributed by atoms with E-state index >= 15 is 0 Å². The zero-order valence-electron chi connectivity index (χ0n) is 9.53. The fraction of sp³-hybridized carbons (Fsp3) is 0.875. The van der Waals surface area contributed by atoms with Crippen molar-refractivity contribution in [1.82, 2.24) is 14.8 Å². The van der Waals surface area contributed by atoms with Crippen molar-refractivity contribution in [2.45, 2.75) is 32.4 Å². The number of hydrogen-bond donors (Lipinski definition) is 3. The summed E-state index contributed by atoms with van der Waals surface area (Å²) >= 11 is 0. The van der Waals surface area contributed by atoms with Crippen molar-refractivity contribution < 1.29 is 17.9 Å². The minimum absolute atomic E-state index is 0.167. The molecule has 7 nitrogen and oxygen atoms in total. The minimum Gasteiger partial charge on any atom is -0.443 e. The normalized spacial score (nSPS) is 17.7. The third kappa shape index (κ3) is 4.77. The molecule has 0 spiro atoms. The largest absolute Gasteiger partial charge is 0.443 e. The number of ether oxygens (including phenoxy) is 1. The molecule has 0 unspecified atom stereocenters. The Hall–Kier alpha value is -0.860. The van der Waals surface area contributed by atoms with Crippen molar-refractivity contribution in [3.05, 3.63) is 0 Å². The molecular formula is C8H17N3O4S. The molecule has 0 aromatic carbocycles. The van der Waals surface area contributed by atoms with E-state index in [-0.39, 0.29) is 6.04 Å². The van der Waals surface area contributed by atoms with Gasteiger partial charge < -0.3 is 10.1 Å². The van der Waals surface area contributed by atoms with Gasteiger partial charge in [0.25, 0.3) is 0 Å². The minimum atomic E-state index is -3.83. The van der Waals surface area contributed by atoms with Crippen LogP contribution in [0.2, 0.25) is 0 Å². The van der Waals surface area contributed by atoms with E-state index in [1.165, 1.54) is 0 Å².